The topological polar surface area (TPSA) is 60.5 Å². The molecule has 1 aromatic heterocycles. The SMILES string of the molecule is NC1=NC2(c3cc(Br)ccc3Oc3cnc(Cl)cc32)c2ccccc21. The molecule has 1 unspecified atom stereocenters. The summed E-state index contributed by atoms with van der Waals surface area (Å²) >= 11 is 9.76. The molecule has 0 saturated carbocycles. The number of nitrogens with zero attached hydrogens (tertiary/aromatic N) is 2. The van der Waals surface area contributed by atoms with E-state index in [2.05, 4.69) is 20.9 Å². The first-order valence-electron chi connectivity index (χ1n) is 7.69. The van der Waals surface area contributed by atoms with Crippen LogP contribution in [0.3, 0.4) is 0 Å². The van der Waals surface area contributed by atoms with Crippen LogP contribution >= 0.6 is 27.5 Å². The van der Waals surface area contributed by atoms with E-state index in [0.717, 1.165) is 32.5 Å². The van der Waals surface area contributed by atoms with Gasteiger partial charge in [-0.2, -0.15) is 0 Å². The number of aromatic nitrogens is 1. The summed E-state index contributed by atoms with van der Waals surface area (Å²) in [5, 5.41) is 0.387. The maximum Gasteiger partial charge on any atom is 0.152 e. The molecule has 5 rings (SSSR count). The summed E-state index contributed by atoms with van der Waals surface area (Å²) in [7, 11) is 0. The Kier molecular flexibility index (Phi) is 3.03. The lowest BCUT2D eigenvalue weighted by atomic mass is 9.76. The Bertz CT molecular complexity index is 1030. The summed E-state index contributed by atoms with van der Waals surface area (Å²) in [5.41, 5.74) is 9.20. The molecule has 1 spiro atoms. The number of pyridine rings is 1. The Morgan fingerprint density at radius 3 is 2.68 bits per heavy atom. The van der Waals surface area contributed by atoms with Crippen LogP contribution < -0.4 is 10.5 Å². The zero-order valence-electron chi connectivity index (χ0n) is 12.8. The first-order valence-corrected chi connectivity index (χ1v) is 8.86. The molecule has 0 saturated heterocycles. The number of hydrogen-bond donors (Lipinski definition) is 1. The van der Waals surface area contributed by atoms with E-state index in [-0.39, 0.29) is 0 Å². The van der Waals surface area contributed by atoms with E-state index in [1.807, 2.05) is 42.5 Å². The van der Waals surface area contributed by atoms with Gasteiger partial charge in [-0.15, -0.1) is 0 Å². The average molecular weight is 413 g/mol. The van der Waals surface area contributed by atoms with Gasteiger partial charge in [0.1, 0.15) is 22.3 Å². The van der Waals surface area contributed by atoms with Gasteiger partial charge < -0.3 is 10.5 Å². The maximum absolute atomic E-state index is 6.29. The number of nitrogens with two attached hydrogens (primary N) is 1. The number of amidine groups is 1. The van der Waals surface area contributed by atoms with Crippen molar-refractivity contribution >= 4 is 33.4 Å². The number of fused-ring (bicyclic) bond motifs is 6. The largest absolute Gasteiger partial charge is 0.455 e. The van der Waals surface area contributed by atoms with Crippen molar-refractivity contribution < 1.29 is 4.74 Å². The molecule has 0 fully saturated rings. The molecular weight excluding hydrogens is 402 g/mol. The van der Waals surface area contributed by atoms with Crippen molar-refractivity contribution in [2.75, 3.05) is 0 Å². The summed E-state index contributed by atoms with van der Waals surface area (Å²) < 4.78 is 7.01. The molecule has 122 valence electrons. The second-order valence-corrected chi connectivity index (χ2v) is 7.30. The molecule has 6 heteroatoms. The van der Waals surface area contributed by atoms with E-state index in [1.165, 1.54) is 0 Å². The van der Waals surface area contributed by atoms with Crippen molar-refractivity contribution in [2.45, 2.75) is 5.54 Å². The highest BCUT2D eigenvalue weighted by molar-refractivity contribution is 9.10. The molecule has 3 aromatic rings. The number of halogens is 2. The summed E-state index contributed by atoms with van der Waals surface area (Å²) in [6, 6.07) is 15.7. The van der Waals surface area contributed by atoms with Crippen molar-refractivity contribution in [3.8, 4) is 11.5 Å². The van der Waals surface area contributed by atoms with E-state index >= 15 is 0 Å². The van der Waals surface area contributed by atoms with Gasteiger partial charge in [-0.1, -0.05) is 51.8 Å². The van der Waals surface area contributed by atoms with E-state index in [4.69, 9.17) is 27.1 Å². The van der Waals surface area contributed by atoms with Crippen LogP contribution in [0.25, 0.3) is 0 Å². The van der Waals surface area contributed by atoms with E-state index in [1.54, 1.807) is 12.3 Å². The van der Waals surface area contributed by atoms with Crippen LogP contribution in [0.1, 0.15) is 22.3 Å². The second kappa shape index (κ2) is 5.07. The number of benzene rings is 2. The molecule has 2 aliphatic rings. The normalized spacial score (nSPS) is 19.7. The average Bonchev–Trinajstić information content (AvgIpc) is 2.91. The van der Waals surface area contributed by atoms with Gasteiger partial charge in [-0.25, -0.2) is 9.98 Å². The lowest BCUT2D eigenvalue weighted by molar-refractivity contribution is 0.422. The third-order valence-corrected chi connectivity index (χ3v) is 5.36. The second-order valence-electron chi connectivity index (χ2n) is 6.00. The maximum atomic E-state index is 6.29. The smallest absolute Gasteiger partial charge is 0.152 e. The van der Waals surface area contributed by atoms with E-state index < -0.39 is 5.54 Å². The standard InChI is InChI=1S/C19H11BrClN3O/c20-10-5-6-15-13(7-10)19(14-8-17(21)23-9-16(14)25-15)12-4-2-1-3-11(12)18(22)24-19/h1-9H,(H2,22,24). The number of ether oxygens (including phenoxy) is 1. The van der Waals surface area contributed by atoms with Crippen LogP contribution in [0.15, 0.2) is 64.2 Å². The Balaban J connectivity index is 1.95. The highest BCUT2D eigenvalue weighted by Gasteiger charge is 2.49. The first kappa shape index (κ1) is 14.9. The van der Waals surface area contributed by atoms with Gasteiger partial charge in [-0.3, -0.25) is 0 Å². The van der Waals surface area contributed by atoms with Gasteiger partial charge in [0.15, 0.2) is 5.75 Å². The zero-order valence-corrected chi connectivity index (χ0v) is 15.2. The van der Waals surface area contributed by atoms with Crippen molar-refractivity contribution in [2.24, 2.45) is 10.7 Å². The molecule has 2 aromatic carbocycles. The highest BCUT2D eigenvalue weighted by atomic mass is 79.9. The molecular formula is C19H11BrClN3O. The first-order chi connectivity index (χ1) is 12.1. The van der Waals surface area contributed by atoms with E-state index in [0.29, 0.717) is 16.7 Å². The fourth-order valence-electron chi connectivity index (χ4n) is 3.65. The van der Waals surface area contributed by atoms with Crippen LogP contribution in [0.5, 0.6) is 11.5 Å². The molecule has 1 atom stereocenters. The Morgan fingerprint density at radius 2 is 1.80 bits per heavy atom. The monoisotopic (exact) mass is 411 g/mol. The fraction of sp³-hybridized carbons (Fsp3) is 0.0526. The van der Waals surface area contributed by atoms with Crippen LogP contribution in [-0.2, 0) is 5.54 Å². The Morgan fingerprint density at radius 1 is 1.00 bits per heavy atom. The van der Waals surface area contributed by atoms with Gasteiger partial charge in [0.05, 0.1) is 6.20 Å². The van der Waals surface area contributed by atoms with Crippen molar-refractivity contribution in [1.29, 1.82) is 0 Å². The summed E-state index contributed by atoms with van der Waals surface area (Å²) in [4.78, 5) is 9.08. The van der Waals surface area contributed by atoms with Gasteiger partial charge in [0.2, 0.25) is 0 Å². The molecule has 0 aliphatic carbocycles. The number of rotatable bonds is 0. The fourth-order valence-corrected chi connectivity index (χ4v) is 4.17. The summed E-state index contributed by atoms with van der Waals surface area (Å²) in [5.74, 6) is 1.86. The van der Waals surface area contributed by atoms with Crippen LogP contribution in [-0.4, -0.2) is 10.8 Å². The molecule has 0 radical (unpaired) electrons. The molecule has 0 bridgehead atoms. The Labute approximate surface area is 157 Å². The highest BCUT2D eigenvalue weighted by Crippen LogP contribution is 2.55. The number of aliphatic imine (C=N–C) groups is 1. The van der Waals surface area contributed by atoms with Crippen LogP contribution in [0.2, 0.25) is 5.15 Å². The van der Waals surface area contributed by atoms with Crippen molar-refractivity contribution in [3.05, 3.63) is 86.6 Å². The minimum Gasteiger partial charge on any atom is -0.455 e. The predicted molar refractivity (Wildman–Crippen MR) is 101 cm³/mol. The quantitative estimate of drug-likeness (QED) is 0.548. The summed E-state index contributed by atoms with van der Waals surface area (Å²) in [6.45, 7) is 0. The third kappa shape index (κ3) is 1.94. The molecule has 3 heterocycles. The molecule has 2 aliphatic heterocycles. The third-order valence-electron chi connectivity index (χ3n) is 4.66. The lowest BCUT2D eigenvalue weighted by Crippen LogP contribution is -2.29. The van der Waals surface area contributed by atoms with Crippen LogP contribution in [0, 0.1) is 0 Å². The lowest BCUT2D eigenvalue weighted by Gasteiger charge is -2.35. The van der Waals surface area contributed by atoms with Gasteiger partial charge in [0, 0.05) is 21.2 Å². The van der Waals surface area contributed by atoms with Gasteiger partial charge >= 0.3 is 0 Å². The minimum absolute atomic E-state index is 0.387. The predicted octanol–water partition coefficient (Wildman–Crippen LogP) is 4.61. The summed E-state index contributed by atoms with van der Waals surface area (Å²) in [6.07, 6.45) is 1.64. The molecule has 25 heavy (non-hydrogen) atoms. The number of hydrogen-bond acceptors (Lipinski definition) is 4. The van der Waals surface area contributed by atoms with Gasteiger partial charge in [-0.05, 0) is 29.8 Å². The Hall–Kier alpha value is -2.37. The van der Waals surface area contributed by atoms with Crippen molar-refractivity contribution in [3.63, 3.8) is 0 Å². The zero-order chi connectivity index (χ0) is 17.2. The molecule has 4 nitrogen and oxygen atoms in total. The van der Waals surface area contributed by atoms with E-state index in [9.17, 15) is 0 Å². The van der Waals surface area contributed by atoms with Gasteiger partial charge in [0.25, 0.3) is 0 Å². The molecule has 2 N–H and O–H groups in total. The minimum atomic E-state index is -0.792. The molecule has 0 amide bonds. The van der Waals surface area contributed by atoms with Crippen LogP contribution in [0.4, 0.5) is 0 Å². The van der Waals surface area contributed by atoms with Crippen molar-refractivity contribution in [1.82, 2.24) is 4.98 Å².